The average Bonchev–Trinajstić information content (AvgIpc) is 2.78. The Labute approximate surface area is 132 Å². The second kappa shape index (κ2) is 5.32. The van der Waals surface area contributed by atoms with Crippen molar-refractivity contribution < 1.29 is 4.39 Å². The molecule has 0 bridgehead atoms. The summed E-state index contributed by atoms with van der Waals surface area (Å²) in [6.07, 6.45) is 0. The SMILES string of the molecule is Cc1cccc2nc(C(C)Cl)n(-c3cc(F)cc(Cl)c3)c12. The Balaban J connectivity index is 2.41. The number of fused-ring (bicyclic) bond motifs is 1. The molecule has 0 aliphatic carbocycles. The first-order valence-corrected chi connectivity index (χ1v) is 7.37. The molecule has 2 aromatic carbocycles. The Morgan fingerprint density at radius 1 is 1.24 bits per heavy atom. The van der Waals surface area contributed by atoms with Gasteiger partial charge < -0.3 is 0 Å². The van der Waals surface area contributed by atoms with Gasteiger partial charge in [-0.2, -0.15) is 0 Å². The maximum atomic E-state index is 13.7. The van der Waals surface area contributed by atoms with Crippen molar-refractivity contribution in [3.63, 3.8) is 0 Å². The van der Waals surface area contributed by atoms with Crippen molar-refractivity contribution in [1.29, 1.82) is 0 Å². The molecule has 0 fully saturated rings. The van der Waals surface area contributed by atoms with Crippen LogP contribution in [0.3, 0.4) is 0 Å². The molecule has 2 nitrogen and oxygen atoms in total. The third kappa shape index (κ3) is 2.52. The van der Waals surface area contributed by atoms with Gasteiger partial charge in [0.25, 0.3) is 0 Å². The molecule has 0 amide bonds. The first-order chi connectivity index (χ1) is 9.97. The number of benzene rings is 2. The molecule has 3 rings (SSSR count). The summed E-state index contributed by atoms with van der Waals surface area (Å²) in [6.45, 7) is 3.83. The first kappa shape index (κ1) is 14.4. The van der Waals surface area contributed by atoms with Crippen LogP contribution in [0.1, 0.15) is 23.7 Å². The topological polar surface area (TPSA) is 17.8 Å². The number of hydrogen-bond donors (Lipinski definition) is 0. The monoisotopic (exact) mass is 322 g/mol. The van der Waals surface area contributed by atoms with Crippen LogP contribution >= 0.6 is 23.2 Å². The minimum Gasteiger partial charge on any atom is -0.295 e. The van der Waals surface area contributed by atoms with Crippen LogP contribution < -0.4 is 0 Å². The number of hydrogen-bond acceptors (Lipinski definition) is 1. The number of halogens is 3. The van der Waals surface area contributed by atoms with Crippen LogP contribution in [0.5, 0.6) is 0 Å². The van der Waals surface area contributed by atoms with Crippen molar-refractivity contribution in [2.75, 3.05) is 0 Å². The van der Waals surface area contributed by atoms with E-state index in [0.717, 1.165) is 16.6 Å². The number of alkyl halides is 1. The van der Waals surface area contributed by atoms with E-state index >= 15 is 0 Å². The molecular formula is C16H13Cl2FN2. The second-order valence-electron chi connectivity index (χ2n) is 4.99. The maximum Gasteiger partial charge on any atom is 0.132 e. The minimum absolute atomic E-state index is 0.307. The molecule has 108 valence electrons. The fraction of sp³-hybridized carbons (Fsp3) is 0.188. The van der Waals surface area contributed by atoms with Crippen LogP contribution in [0, 0.1) is 12.7 Å². The minimum atomic E-state index is -0.388. The molecule has 5 heteroatoms. The van der Waals surface area contributed by atoms with Gasteiger partial charge in [-0.05, 0) is 43.7 Å². The maximum absolute atomic E-state index is 13.7. The van der Waals surface area contributed by atoms with E-state index in [0.29, 0.717) is 16.5 Å². The molecule has 1 atom stereocenters. The van der Waals surface area contributed by atoms with Gasteiger partial charge in [0.2, 0.25) is 0 Å². The summed E-state index contributed by atoms with van der Waals surface area (Å²) in [4.78, 5) is 4.57. The van der Waals surface area contributed by atoms with Crippen LogP contribution in [0.2, 0.25) is 5.02 Å². The highest BCUT2D eigenvalue weighted by Gasteiger charge is 2.18. The normalized spacial score (nSPS) is 12.8. The fourth-order valence-electron chi connectivity index (χ4n) is 2.51. The number of imidazole rings is 1. The highest BCUT2D eigenvalue weighted by Crippen LogP contribution is 2.31. The van der Waals surface area contributed by atoms with Crippen LogP contribution in [0.4, 0.5) is 4.39 Å². The standard InChI is InChI=1S/C16H13Cl2FN2/c1-9-4-3-5-14-15(9)21(16(20-14)10(2)17)13-7-11(18)6-12(19)8-13/h3-8,10H,1-2H3. The van der Waals surface area contributed by atoms with Gasteiger partial charge in [0, 0.05) is 5.02 Å². The summed E-state index contributed by atoms with van der Waals surface area (Å²) >= 11 is 12.2. The second-order valence-corrected chi connectivity index (χ2v) is 6.08. The predicted octanol–water partition coefficient (Wildman–Crippen LogP) is 5.43. The molecule has 1 heterocycles. The highest BCUT2D eigenvalue weighted by atomic mass is 35.5. The Morgan fingerprint density at radius 2 is 2.00 bits per heavy atom. The lowest BCUT2D eigenvalue weighted by molar-refractivity contribution is 0.626. The van der Waals surface area contributed by atoms with Crippen LogP contribution in [-0.2, 0) is 0 Å². The van der Waals surface area contributed by atoms with E-state index in [1.165, 1.54) is 12.1 Å². The van der Waals surface area contributed by atoms with E-state index in [-0.39, 0.29) is 11.2 Å². The zero-order valence-corrected chi connectivity index (χ0v) is 13.1. The van der Waals surface area contributed by atoms with Crippen molar-refractivity contribution in [3.05, 3.63) is 58.6 Å². The lowest BCUT2D eigenvalue weighted by Gasteiger charge is -2.12. The Morgan fingerprint density at radius 3 is 2.67 bits per heavy atom. The summed E-state index contributed by atoms with van der Waals surface area (Å²) < 4.78 is 15.6. The first-order valence-electron chi connectivity index (χ1n) is 6.56. The van der Waals surface area contributed by atoms with Gasteiger partial charge in [0.1, 0.15) is 11.6 Å². The van der Waals surface area contributed by atoms with E-state index in [9.17, 15) is 4.39 Å². The van der Waals surface area contributed by atoms with Crippen molar-refractivity contribution in [3.8, 4) is 5.69 Å². The molecule has 3 aromatic rings. The van der Waals surface area contributed by atoms with E-state index in [1.54, 1.807) is 6.07 Å². The zero-order valence-electron chi connectivity index (χ0n) is 11.6. The summed E-state index contributed by atoms with van der Waals surface area (Å²) in [5.74, 6) is 0.281. The molecule has 0 radical (unpaired) electrons. The van der Waals surface area contributed by atoms with Gasteiger partial charge in [-0.15, -0.1) is 11.6 Å². The molecule has 1 aromatic heterocycles. The van der Waals surface area contributed by atoms with Crippen molar-refractivity contribution in [2.24, 2.45) is 0 Å². The van der Waals surface area contributed by atoms with E-state index in [4.69, 9.17) is 23.2 Å². The molecule has 0 aliphatic heterocycles. The Bertz CT molecular complexity index is 804. The molecule has 0 saturated carbocycles. The molecule has 1 unspecified atom stereocenters. The summed E-state index contributed by atoms with van der Waals surface area (Å²) in [7, 11) is 0. The molecular weight excluding hydrogens is 310 g/mol. The van der Waals surface area contributed by atoms with Gasteiger partial charge in [0.05, 0.1) is 22.1 Å². The summed E-state index contributed by atoms with van der Waals surface area (Å²) in [6, 6.07) is 10.3. The Hall–Kier alpha value is -1.58. The predicted molar refractivity (Wildman–Crippen MR) is 85.0 cm³/mol. The fourth-order valence-corrected chi connectivity index (χ4v) is 2.87. The highest BCUT2D eigenvalue weighted by molar-refractivity contribution is 6.30. The van der Waals surface area contributed by atoms with E-state index in [1.807, 2.05) is 36.6 Å². The smallest absolute Gasteiger partial charge is 0.132 e. The molecule has 0 N–H and O–H groups in total. The largest absolute Gasteiger partial charge is 0.295 e. The van der Waals surface area contributed by atoms with Crippen LogP contribution in [0.25, 0.3) is 16.7 Å². The quantitative estimate of drug-likeness (QED) is 0.575. The van der Waals surface area contributed by atoms with Gasteiger partial charge >= 0.3 is 0 Å². The van der Waals surface area contributed by atoms with E-state index < -0.39 is 0 Å². The van der Waals surface area contributed by atoms with Gasteiger partial charge in [-0.25, -0.2) is 9.37 Å². The molecule has 21 heavy (non-hydrogen) atoms. The van der Waals surface area contributed by atoms with Gasteiger partial charge in [0.15, 0.2) is 0 Å². The number of rotatable bonds is 2. The van der Waals surface area contributed by atoms with Crippen molar-refractivity contribution in [2.45, 2.75) is 19.2 Å². The Kier molecular flexibility index (Phi) is 3.64. The lowest BCUT2D eigenvalue weighted by Crippen LogP contribution is -2.03. The van der Waals surface area contributed by atoms with E-state index in [2.05, 4.69) is 4.98 Å². The average molecular weight is 323 g/mol. The van der Waals surface area contributed by atoms with Crippen molar-refractivity contribution >= 4 is 34.2 Å². The molecule has 0 aliphatic rings. The number of para-hydroxylation sites is 1. The zero-order chi connectivity index (χ0) is 15.1. The number of aromatic nitrogens is 2. The number of aryl methyl sites for hydroxylation is 1. The van der Waals surface area contributed by atoms with Crippen molar-refractivity contribution in [1.82, 2.24) is 9.55 Å². The third-order valence-electron chi connectivity index (χ3n) is 3.37. The van der Waals surface area contributed by atoms with Gasteiger partial charge in [-0.3, -0.25) is 4.57 Å². The lowest BCUT2D eigenvalue weighted by atomic mass is 10.2. The molecule has 0 saturated heterocycles. The van der Waals surface area contributed by atoms with Crippen LogP contribution in [0.15, 0.2) is 36.4 Å². The van der Waals surface area contributed by atoms with Gasteiger partial charge in [-0.1, -0.05) is 23.7 Å². The third-order valence-corrected chi connectivity index (χ3v) is 3.78. The summed E-state index contributed by atoms with van der Waals surface area (Å²) in [5.41, 5.74) is 3.42. The van der Waals surface area contributed by atoms with Crippen LogP contribution in [-0.4, -0.2) is 9.55 Å². The molecule has 0 spiro atoms. The summed E-state index contributed by atoms with van der Waals surface area (Å²) in [5, 5.41) is 0.0347. The number of nitrogens with zero attached hydrogens (tertiary/aromatic N) is 2.